The second-order valence-corrected chi connectivity index (χ2v) is 8.22. The topological polar surface area (TPSA) is 58.4 Å². The lowest BCUT2D eigenvalue weighted by molar-refractivity contribution is 0.183. The van der Waals surface area contributed by atoms with Crippen LogP contribution in [0, 0.1) is 13.8 Å². The summed E-state index contributed by atoms with van der Waals surface area (Å²) in [5.74, 6) is 0. The molecule has 0 aliphatic carbocycles. The van der Waals surface area contributed by atoms with Gasteiger partial charge >= 0.3 is 0 Å². The summed E-state index contributed by atoms with van der Waals surface area (Å²) in [6.07, 6.45) is 5.52. The van der Waals surface area contributed by atoms with Gasteiger partial charge in [0.05, 0.1) is 11.2 Å². The molecule has 1 aromatic heterocycles. The molecule has 6 nitrogen and oxygen atoms in total. The molecule has 2 heterocycles. The van der Waals surface area contributed by atoms with E-state index < -0.39 is 10.0 Å². The van der Waals surface area contributed by atoms with Crippen LogP contribution in [-0.2, 0) is 16.6 Å². The summed E-state index contributed by atoms with van der Waals surface area (Å²) in [5, 5.41) is 0. The van der Waals surface area contributed by atoms with E-state index in [1.165, 1.54) is 0 Å². The SMILES string of the molecule is Cc1ccc(S(=O)(=O)N2CCN(CCn3ccnc3)CC2)c(C)c1. The number of piperazine rings is 1. The molecule has 1 aromatic carbocycles. The van der Waals surface area contributed by atoms with Crippen molar-refractivity contribution < 1.29 is 8.42 Å². The molecule has 0 atom stereocenters. The van der Waals surface area contributed by atoms with Crippen molar-refractivity contribution in [2.75, 3.05) is 32.7 Å². The van der Waals surface area contributed by atoms with E-state index in [-0.39, 0.29) is 0 Å². The summed E-state index contributed by atoms with van der Waals surface area (Å²) in [6, 6.07) is 5.51. The molecule has 24 heavy (non-hydrogen) atoms. The van der Waals surface area contributed by atoms with Crippen LogP contribution < -0.4 is 0 Å². The van der Waals surface area contributed by atoms with Crippen LogP contribution in [0.15, 0.2) is 41.8 Å². The molecular weight excluding hydrogens is 324 g/mol. The summed E-state index contributed by atoms with van der Waals surface area (Å²) in [5.41, 5.74) is 1.90. The van der Waals surface area contributed by atoms with Crippen LogP contribution in [0.3, 0.4) is 0 Å². The summed E-state index contributed by atoms with van der Waals surface area (Å²) < 4.78 is 29.4. The summed E-state index contributed by atoms with van der Waals surface area (Å²) >= 11 is 0. The van der Waals surface area contributed by atoms with Gasteiger partial charge in [-0.2, -0.15) is 4.31 Å². The summed E-state index contributed by atoms with van der Waals surface area (Å²) in [6.45, 7) is 8.23. The number of imidazole rings is 1. The molecule has 0 bridgehead atoms. The first kappa shape index (κ1) is 17.1. The van der Waals surface area contributed by atoms with Crippen LogP contribution >= 0.6 is 0 Å². The van der Waals surface area contributed by atoms with Crippen molar-refractivity contribution in [3.63, 3.8) is 0 Å². The highest BCUT2D eigenvalue weighted by atomic mass is 32.2. The third-order valence-electron chi connectivity index (χ3n) is 4.51. The molecular formula is C17H24N4O2S. The predicted octanol–water partition coefficient (Wildman–Crippen LogP) is 1.51. The number of hydrogen-bond acceptors (Lipinski definition) is 4. The molecule has 0 spiro atoms. The van der Waals surface area contributed by atoms with Gasteiger partial charge in [-0.25, -0.2) is 13.4 Å². The maximum absolute atomic E-state index is 12.9. The minimum Gasteiger partial charge on any atom is -0.336 e. The number of hydrogen-bond donors (Lipinski definition) is 0. The van der Waals surface area contributed by atoms with Gasteiger partial charge in [0.15, 0.2) is 0 Å². The van der Waals surface area contributed by atoms with Gasteiger partial charge in [-0.05, 0) is 25.5 Å². The second-order valence-electron chi connectivity index (χ2n) is 6.32. The average Bonchev–Trinajstić information content (AvgIpc) is 3.06. The zero-order valence-electron chi connectivity index (χ0n) is 14.2. The third kappa shape index (κ3) is 3.68. The largest absolute Gasteiger partial charge is 0.336 e. The smallest absolute Gasteiger partial charge is 0.243 e. The van der Waals surface area contributed by atoms with Gasteiger partial charge in [0.2, 0.25) is 10.0 Å². The molecule has 0 N–H and O–H groups in total. The van der Waals surface area contributed by atoms with Gasteiger partial charge in [0, 0.05) is 51.7 Å². The van der Waals surface area contributed by atoms with E-state index in [0.29, 0.717) is 18.0 Å². The fourth-order valence-corrected chi connectivity index (χ4v) is 4.73. The van der Waals surface area contributed by atoms with Crippen molar-refractivity contribution in [1.82, 2.24) is 18.8 Å². The Kier molecular flexibility index (Phi) is 5.03. The second kappa shape index (κ2) is 7.04. The number of rotatable bonds is 5. The number of sulfonamides is 1. The monoisotopic (exact) mass is 348 g/mol. The minimum absolute atomic E-state index is 0.431. The molecule has 2 aromatic rings. The van der Waals surface area contributed by atoms with Gasteiger partial charge in [0.25, 0.3) is 0 Å². The average molecular weight is 348 g/mol. The highest BCUT2D eigenvalue weighted by molar-refractivity contribution is 7.89. The van der Waals surface area contributed by atoms with Gasteiger partial charge in [0.1, 0.15) is 0 Å². The Morgan fingerprint density at radius 3 is 2.46 bits per heavy atom. The normalized spacial score (nSPS) is 17.2. The predicted molar refractivity (Wildman–Crippen MR) is 93.3 cm³/mol. The molecule has 1 aliphatic heterocycles. The van der Waals surface area contributed by atoms with Crippen LogP contribution in [0.1, 0.15) is 11.1 Å². The van der Waals surface area contributed by atoms with Crippen LogP contribution in [0.2, 0.25) is 0 Å². The summed E-state index contributed by atoms with van der Waals surface area (Å²) in [4.78, 5) is 6.77. The van der Waals surface area contributed by atoms with Crippen molar-refractivity contribution >= 4 is 10.0 Å². The van der Waals surface area contributed by atoms with Crippen LogP contribution in [-0.4, -0.2) is 59.9 Å². The van der Waals surface area contributed by atoms with Crippen LogP contribution in [0.25, 0.3) is 0 Å². The zero-order chi connectivity index (χ0) is 17.2. The minimum atomic E-state index is -3.40. The zero-order valence-corrected chi connectivity index (χ0v) is 15.0. The van der Waals surface area contributed by atoms with Crippen LogP contribution in [0.4, 0.5) is 0 Å². The Morgan fingerprint density at radius 2 is 1.83 bits per heavy atom. The fourth-order valence-electron chi connectivity index (χ4n) is 3.10. The molecule has 0 radical (unpaired) electrons. The van der Waals surface area contributed by atoms with Crippen molar-refractivity contribution in [3.05, 3.63) is 48.0 Å². The molecule has 0 amide bonds. The van der Waals surface area contributed by atoms with Crippen molar-refractivity contribution in [1.29, 1.82) is 0 Å². The Morgan fingerprint density at radius 1 is 1.08 bits per heavy atom. The van der Waals surface area contributed by atoms with E-state index in [1.807, 2.05) is 36.7 Å². The van der Waals surface area contributed by atoms with E-state index in [9.17, 15) is 8.42 Å². The van der Waals surface area contributed by atoms with Crippen molar-refractivity contribution in [3.8, 4) is 0 Å². The van der Waals surface area contributed by atoms with Crippen molar-refractivity contribution in [2.45, 2.75) is 25.3 Å². The Balaban J connectivity index is 1.61. The van der Waals surface area contributed by atoms with Gasteiger partial charge in [-0.1, -0.05) is 17.7 Å². The summed E-state index contributed by atoms with van der Waals surface area (Å²) in [7, 11) is -3.40. The van der Waals surface area contributed by atoms with Gasteiger partial charge in [-0.15, -0.1) is 0 Å². The highest BCUT2D eigenvalue weighted by Crippen LogP contribution is 2.22. The van der Waals surface area contributed by atoms with E-state index in [0.717, 1.165) is 37.3 Å². The lowest BCUT2D eigenvalue weighted by Gasteiger charge is -2.34. The molecule has 3 rings (SSSR count). The molecule has 0 saturated carbocycles. The lowest BCUT2D eigenvalue weighted by Crippen LogP contribution is -2.49. The Hall–Kier alpha value is -1.70. The number of aromatic nitrogens is 2. The number of aryl methyl sites for hydroxylation is 2. The number of benzene rings is 1. The first-order chi connectivity index (χ1) is 11.5. The van der Waals surface area contributed by atoms with Gasteiger partial charge in [-0.3, -0.25) is 4.90 Å². The van der Waals surface area contributed by atoms with Gasteiger partial charge < -0.3 is 4.57 Å². The fraction of sp³-hybridized carbons (Fsp3) is 0.471. The standard InChI is InChI=1S/C17H24N4O2S/c1-15-3-4-17(16(2)13-15)24(22,23)21-11-9-19(10-12-21)7-8-20-6-5-18-14-20/h3-6,13-14H,7-12H2,1-2H3. The molecule has 1 fully saturated rings. The lowest BCUT2D eigenvalue weighted by atomic mass is 10.2. The Labute approximate surface area is 143 Å². The maximum Gasteiger partial charge on any atom is 0.243 e. The van der Waals surface area contributed by atoms with Crippen LogP contribution in [0.5, 0.6) is 0 Å². The molecule has 7 heteroatoms. The molecule has 130 valence electrons. The van der Waals surface area contributed by atoms with Crippen molar-refractivity contribution in [2.24, 2.45) is 0 Å². The highest BCUT2D eigenvalue weighted by Gasteiger charge is 2.29. The molecule has 0 unspecified atom stereocenters. The maximum atomic E-state index is 12.9. The van der Waals surface area contributed by atoms with E-state index in [1.54, 1.807) is 22.9 Å². The molecule has 1 saturated heterocycles. The first-order valence-electron chi connectivity index (χ1n) is 8.22. The third-order valence-corrected chi connectivity index (χ3v) is 6.57. The molecule has 1 aliphatic rings. The van der Waals surface area contributed by atoms with E-state index in [2.05, 4.69) is 9.88 Å². The number of nitrogens with zero attached hydrogens (tertiary/aromatic N) is 4. The quantitative estimate of drug-likeness (QED) is 0.822. The van der Waals surface area contributed by atoms with E-state index >= 15 is 0 Å². The van der Waals surface area contributed by atoms with E-state index in [4.69, 9.17) is 0 Å². The first-order valence-corrected chi connectivity index (χ1v) is 9.66. The Bertz CT molecular complexity index is 779.